The molecule has 0 fully saturated rings. The molecule has 0 radical (unpaired) electrons. The Labute approximate surface area is 167 Å². The predicted molar refractivity (Wildman–Crippen MR) is 112 cm³/mol. The van der Waals surface area contributed by atoms with Crippen LogP contribution in [0.25, 0.3) is 0 Å². The molecule has 2 aromatic rings. The van der Waals surface area contributed by atoms with Crippen LogP contribution >= 0.6 is 0 Å². The van der Waals surface area contributed by atoms with Gasteiger partial charge in [-0.25, -0.2) is 4.79 Å². The quantitative estimate of drug-likeness (QED) is 0.655. The topological polar surface area (TPSA) is 75.7 Å². The lowest BCUT2D eigenvalue weighted by Gasteiger charge is -2.29. The van der Waals surface area contributed by atoms with Crippen LogP contribution in [-0.2, 0) is 16.7 Å². The average molecular weight is 405 g/mol. The summed E-state index contributed by atoms with van der Waals surface area (Å²) in [7, 11) is -3.55. The Balaban J connectivity index is 2.11. The van der Waals surface area contributed by atoms with Gasteiger partial charge in [0.05, 0.1) is 5.75 Å². The second-order valence-electron chi connectivity index (χ2n) is 6.75. The lowest BCUT2D eigenvalue weighted by atomic mass is 10.1. The van der Waals surface area contributed by atoms with E-state index in [2.05, 4.69) is 5.32 Å². The fourth-order valence-electron chi connectivity index (χ4n) is 2.53. The van der Waals surface area contributed by atoms with Crippen LogP contribution in [0.1, 0.15) is 38.3 Å². The Bertz CT molecular complexity index is 878. The first-order valence-electron chi connectivity index (χ1n) is 9.39. The van der Waals surface area contributed by atoms with E-state index in [0.717, 1.165) is 23.2 Å². The van der Waals surface area contributed by atoms with E-state index in [4.69, 9.17) is 4.18 Å². The number of carbonyl (C=O) groups is 1. The summed E-state index contributed by atoms with van der Waals surface area (Å²) in [4.78, 5) is 14.6. The average Bonchev–Trinajstić information content (AvgIpc) is 2.68. The van der Waals surface area contributed by atoms with Crippen LogP contribution in [0.5, 0.6) is 5.75 Å². The second kappa shape index (κ2) is 9.59. The molecule has 1 N–H and O–H groups in total. The molecule has 0 saturated heterocycles. The molecule has 0 saturated carbocycles. The minimum Gasteiger partial charge on any atom is -0.382 e. The van der Waals surface area contributed by atoms with Gasteiger partial charge in [-0.05, 0) is 57.0 Å². The van der Waals surface area contributed by atoms with E-state index in [0.29, 0.717) is 6.54 Å². The van der Waals surface area contributed by atoms with Crippen molar-refractivity contribution in [1.82, 2.24) is 4.90 Å². The van der Waals surface area contributed by atoms with Crippen LogP contribution in [0, 0.1) is 6.92 Å². The molecule has 1 unspecified atom stereocenters. The van der Waals surface area contributed by atoms with Gasteiger partial charge in [0.1, 0.15) is 5.75 Å². The van der Waals surface area contributed by atoms with Gasteiger partial charge in [-0.1, -0.05) is 36.8 Å². The van der Waals surface area contributed by atoms with Gasteiger partial charge in [-0.3, -0.25) is 0 Å². The number of hydrogen-bond donors (Lipinski definition) is 1. The number of amides is 2. The molecule has 1 atom stereocenters. The number of rotatable bonds is 8. The number of hydrogen-bond acceptors (Lipinski definition) is 4. The number of carbonyl (C=O) groups excluding carboxylic acids is 1. The molecule has 0 aliphatic carbocycles. The zero-order chi connectivity index (χ0) is 20.7. The monoisotopic (exact) mass is 404 g/mol. The highest BCUT2D eigenvalue weighted by molar-refractivity contribution is 7.87. The molecular weight excluding hydrogens is 376 g/mol. The molecular formula is C21H28N2O4S. The van der Waals surface area contributed by atoms with Crippen molar-refractivity contribution < 1.29 is 17.4 Å². The Morgan fingerprint density at radius 2 is 1.68 bits per heavy atom. The summed E-state index contributed by atoms with van der Waals surface area (Å²) in [5.41, 5.74) is 2.77. The largest absolute Gasteiger partial charge is 0.382 e. The highest BCUT2D eigenvalue weighted by Crippen LogP contribution is 2.19. The summed E-state index contributed by atoms with van der Waals surface area (Å²) in [6.45, 7) is 7.97. The number of urea groups is 1. The molecule has 2 rings (SSSR count). The molecule has 152 valence electrons. The van der Waals surface area contributed by atoms with Crippen molar-refractivity contribution in [2.45, 2.75) is 46.7 Å². The zero-order valence-electron chi connectivity index (χ0n) is 16.8. The predicted octanol–water partition coefficient (Wildman–Crippen LogP) is 4.56. The Morgan fingerprint density at radius 3 is 2.21 bits per heavy atom. The van der Waals surface area contributed by atoms with Crippen molar-refractivity contribution in [1.29, 1.82) is 0 Å². The van der Waals surface area contributed by atoms with E-state index in [1.807, 2.05) is 45.0 Å². The van der Waals surface area contributed by atoms with Crippen LogP contribution in [0.15, 0.2) is 48.5 Å². The summed E-state index contributed by atoms with van der Waals surface area (Å²) in [6, 6.07) is 14.3. The molecule has 2 aromatic carbocycles. The lowest BCUT2D eigenvalue weighted by Crippen LogP contribution is -2.40. The smallest absolute Gasteiger partial charge is 0.322 e. The maximum absolute atomic E-state index is 12.8. The summed E-state index contributed by atoms with van der Waals surface area (Å²) >= 11 is 0. The fourth-order valence-corrected chi connectivity index (χ4v) is 3.06. The van der Waals surface area contributed by atoms with Crippen LogP contribution in [0.3, 0.4) is 0 Å². The summed E-state index contributed by atoms with van der Waals surface area (Å²) in [6.07, 6.45) is 0.817. The summed E-state index contributed by atoms with van der Waals surface area (Å²) in [5, 5.41) is 2.94. The molecule has 0 heterocycles. The SMILES string of the molecule is CCC(C)N(Cc1ccc(OS(=O)(=O)CC)cc1)C(=O)Nc1ccc(C)cc1. The highest BCUT2D eigenvalue weighted by atomic mass is 32.2. The Hall–Kier alpha value is -2.54. The van der Waals surface area contributed by atoms with Gasteiger partial charge < -0.3 is 14.4 Å². The van der Waals surface area contributed by atoms with E-state index in [1.54, 1.807) is 29.2 Å². The third kappa shape index (κ3) is 6.27. The van der Waals surface area contributed by atoms with Crippen LogP contribution in [0.4, 0.5) is 10.5 Å². The van der Waals surface area contributed by atoms with Crippen LogP contribution < -0.4 is 9.50 Å². The second-order valence-corrected chi connectivity index (χ2v) is 8.61. The van der Waals surface area contributed by atoms with E-state index < -0.39 is 10.1 Å². The molecule has 0 aliphatic heterocycles. The molecule has 0 aromatic heterocycles. The first-order chi connectivity index (χ1) is 13.2. The Kier molecular flexibility index (Phi) is 7.45. The van der Waals surface area contributed by atoms with Gasteiger partial charge >= 0.3 is 16.1 Å². The molecule has 28 heavy (non-hydrogen) atoms. The number of nitrogens with one attached hydrogen (secondary N) is 1. The number of nitrogens with zero attached hydrogens (tertiary/aromatic N) is 1. The van der Waals surface area contributed by atoms with Gasteiger partial charge in [-0.2, -0.15) is 8.42 Å². The van der Waals surface area contributed by atoms with Gasteiger partial charge in [0, 0.05) is 18.3 Å². The molecule has 6 nitrogen and oxygen atoms in total. The normalized spacial score (nSPS) is 12.3. The lowest BCUT2D eigenvalue weighted by molar-refractivity contribution is 0.187. The van der Waals surface area contributed by atoms with Gasteiger partial charge in [0.15, 0.2) is 0 Å². The molecule has 7 heteroatoms. The zero-order valence-corrected chi connectivity index (χ0v) is 17.6. The minimum absolute atomic E-state index is 0.0434. The maximum Gasteiger partial charge on any atom is 0.322 e. The summed E-state index contributed by atoms with van der Waals surface area (Å²) in [5.74, 6) is 0.181. The minimum atomic E-state index is -3.55. The van der Waals surface area contributed by atoms with Crippen molar-refractivity contribution in [3.05, 3.63) is 59.7 Å². The van der Waals surface area contributed by atoms with E-state index in [-0.39, 0.29) is 23.6 Å². The highest BCUT2D eigenvalue weighted by Gasteiger charge is 2.19. The number of aryl methyl sites for hydroxylation is 1. The third-order valence-electron chi connectivity index (χ3n) is 4.54. The Morgan fingerprint density at radius 1 is 1.07 bits per heavy atom. The summed E-state index contributed by atoms with van der Waals surface area (Å²) < 4.78 is 28.1. The number of anilines is 1. The van der Waals surface area contributed by atoms with E-state index in [1.165, 1.54) is 6.92 Å². The fraction of sp³-hybridized carbons (Fsp3) is 0.381. The molecule has 0 spiro atoms. The van der Waals surface area contributed by atoms with Crippen molar-refractivity contribution in [3.63, 3.8) is 0 Å². The standard InChI is InChI=1S/C21H28N2O4S/c1-5-17(4)23(21(24)22-19-11-7-16(3)8-12-19)15-18-9-13-20(14-10-18)27-28(25,26)6-2/h7-14,17H,5-6,15H2,1-4H3,(H,22,24). The number of benzene rings is 2. The van der Waals surface area contributed by atoms with E-state index >= 15 is 0 Å². The third-order valence-corrected chi connectivity index (χ3v) is 5.69. The van der Waals surface area contributed by atoms with Crippen molar-refractivity contribution in [2.24, 2.45) is 0 Å². The molecule has 0 aliphatic rings. The first-order valence-corrected chi connectivity index (χ1v) is 11.0. The van der Waals surface area contributed by atoms with Crippen LogP contribution in [0.2, 0.25) is 0 Å². The van der Waals surface area contributed by atoms with Gasteiger partial charge in [-0.15, -0.1) is 0 Å². The van der Waals surface area contributed by atoms with Crippen molar-refractivity contribution in [3.8, 4) is 5.75 Å². The maximum atomic E-state index is 12.8. The molecule has 0 bridgehead atoms. The molecule has 2 amide bonds. The first kappa shape index (κ1) is 21.8. The van der Waals surface area contributed by atoms with Gasteiger partial charge in [0.2, 0.25) is 0 Å². The van der Waals surface area contributed by atoms with E-state index in [9.17, 15) is 13.2 Å². The van der Waals surface area contributed by atoms with Gasteiger partial charge in [0.25, 0.3) is 0 Å². The van der Waals surface area contributed by atoms with Crippen LogP contribution in [-0.4, -0.2) is 31.1 Å². The van der Waals surface area contributed by atoms with Crippen molar-refractivity contribution >= 4 is 21.8 Å². The van der Waals surface area contributed by atoms with Crippen molar-refractivity contribution in [2.75, 3.05) is 11.1 Å².